The second-order valence-corrected chi connectivity index (χ2v) is 6.03. The standard InChI is InChI=1S/C19H20ClN/c1-3-4-7-13-10-11-16-17(12(13)2)18(20)14-8-5-6-9-15(14)19(16)21/h5-6,8-11H,3-4,7,21H2,1-2H3. The van der Waals surface area contributed by atoms with Gasteiger partial charge < -0.3 is 5.73 Å². The van der Waals surface area contributed by atoms with E-state index in [1.54, 1.807) is 0 Å². The molecule has 0 saturated carbocycles. The van der Waals surface area contributed by atoms with Crippen LogP contribution in [0.15, 0.2) is 36.4 Å². The van der Waals surface area contributed by atoms with Crippen molar-refractivity contribution < 1.29 is 0 Å². The van der Waals surface area contributed by atoms with Crippen molar-refractivity contribution in [1.29, 1.82) is 0 Å². The summed E-state index contributed by atoms with van der Waals surface area (Å²) in [6.45, 7) is 4.38. The molecule has 0 amide bonds. The fourth-order valence-corrected chi connectivity index (χ4v) is 3.50. The average Bonchev–Trinajstić information content (AvgIpc) is 2.51. The SMILES string of the molecule is CCCCc1ccc2c(N)c3ccccc3c(Cl)c2c1C. The predicted octanol–water partition coefficient (Wildman–Crippen LogP) is 5.88. The van der Waals surface area contributed by atoms with Crippen LogP contribution in [0.1, 0.15) is 30.9 Å². The molecule has 3 aromatic carbocycles. The van der Waals surface area contributed by atoms with Crippen LogP contribution < -0.4 is 5.73 Å². The molecular weight excluding hydrogens is 278 g/mol. The number of benzene rings is 3. The van der Waals surface area contributed by atoms with E-state index in [0.717, 1.165) is 38.7 Å². The second-order valence-electron chi connectivity index (χ2n) is 5.65. The van der Waals surface area contributed by atoms with E-state index in [0.29, 0.717) is 0 Å². The molecule has 0 aliphatic carbocycles. The zero-order valence-electron chi connectivity index (χ0n) is 12.5. The highest BCUT2D eigenvalue weighted by Gasteiger charge is 2.14. The molecule has 0 atom stereocenters. The molecule has 2 N–H and O–H groups in total. The molecule has 0 saturated heterocycles. The van der Waals surface area contributed by atoms with Gasteiger partial charge in [0.25, 0.3) is 0 Å². The van der Waals surface area contributed by atoms with Gasteiger partial charge in [-0.15, -0.1) is 0 Å². The Morgan fingerprint density at radius 2 is 1.71 bits per heavy atom. The zero-order valence-corrected chi connectivity index (χ0v) is 13.3. The third kappa shape index (κ3) is 2.26. The lowest BCUT2D eigenvalue weighted by atomic mass is 9.93. The van der Waals surface area contributed by atoms with E-state index >= 15 is 0 Å². The third-order valence-corrected chi connectivity index (χ3v) is 4.73. The molecular formula is C19H20ClN. The molecule has 1 nitrogen and oxygen atoms in total. The van der Waals surface area contributed by atoms with E-state index in [1.165, 1.54) is 24.0 Å². The molecule has 0 fully saturated rings. The summed E-state index contributed by atoms with van der Waals surface area (Å²) >= 11 is 6.70. The molecule has 0 aromatic heterocycles. The van der Waals surface area contributed by atoms with Gasteiger partial charge in [-0.3, -0.25) is 0 Å². The van der Waals surface area contributed by atoms with E-state index in [-0.39, 0.29) is 0 Å². The summed E-state index contributed by atoms with van der Waals surface area (Å²) in [6, 6.07) is 12.4. The normalized spacial score (nSPS) is 11.4. The van der Waals surface area contributed by atoms with Gasteiger partial charge in [0.15, 0.2) is 0 Å². The summed E-state index contributed by atoms with van der Waals surface area (Å²) in [5.41, 5.74) is 9.86. The average molecular weight is 298 g/mol. The highest BCUT2D eigenvalue weighted by Crippen LogP contribution is 2.40. The number of anilines is 1. The van der Waals surface area contributed by atoms with Crippen LogP contribution in [0.4, 0.5) is 5.69 Å². The molecule has 21 heavy (non-hydrogen) atoms. The third-order valence-electron chi connectivity index (χ3n) is 4.34. The van der Waals surface area contributed by atoms with E-state index in [2.05, 4.69) is 26.0 Å². The first-order valence-electron chi connectivity index (χ1n) is 7.53. The maximum absolute atomic E-state index is 6.70. The van der Waals surface area contributed by atoms with Crippen LogP contribution in [0, 0.1) is 6.92 Å². The fraction of sp³-hybridized carbons (Fsp3) is 0.263. The molecule has 2 heteroatoms. The summed E-state index contributed by atoms with van der Waals surface area (Å²) in [5, 5.41) is 5.08. The van der Waals surface area contributed by atoms with Gasteiger partial charge >= 0.3 is 0 Å². The smallest absolute Gasteiger partial charge is 0.0567 e. The van der Waals surface area contributed by atoms with Crippen molar-refractivity contribution in [3.8, 4) is 0 Å². The van der Waals surface area contributed by atoms with Gasteiger partial charge in [0.05, 0.1) is 5.02 Å². The number of unbranched alkanes of at least 4 members (excludes halogenated alkanes) is 1. The second kappa shape index (κ2) is 5.57. The minimum atomic E-state index is 0.825. The molecule has 0 bridgehead atoms. The predicted molar refractivity (Wildman–Crippen MR) is 94.2 cm³/mol. The Bertz CT molecular complexity index is 821. The fourth-order valence-electron chi connectivity index (χ4n) is 3.09. The summed E-state index contributed by atoms with van der Waals surface area (Å²) in [7, 11) is 0. The van der Waals surface area contributed by atoms with Crippen molar-refractivity contribution >= 4 is 38.8 Å². The van der Waals surface area contributed by atoms with Crippen LogP contribution >= 0.6 is 11.6 Å². The Morgan fingerprint density at radius 1 is 1.00 bits per heavy atom. The highest BCUT2D eigenvalue weighted by molar-refractivity contribution is 6.42. The molecule has 0 aliphatic rings. The number of hydrogen-bond donors (Lipinski definition) is 1. The molecule has 108 valence electrons. The van der Waals surface area contributed by atoms with Gasteiger partial charge in [-0.2, -0.15) is 0 Å². The van der Waals surface area contributed by atoms with Gasteiger partial charge in [0, 0.05) is 27.2 Å². The number of rotatable bonds is 3. The lowest BCUT2D eigenvalue weighted by Gasteiger charge is -2.15. The quantitative estimate of drug-likeness (QED) is 0.474. The van der Waals surface area contributed by atoms with Crippen molar-refractivity contribution in [2.75, 3.05) is 5.73 Å². The first-order chi connectivity index (χ1) is 10.1. The van der Waals surface area contributed by atoms with Crippen molar-refractivity contribution in [3.63, 3.8) is 0 Å². The molecule has 0 heterocycles. The van der Waals surface area contributed by atoms with Gasteiger partial charge in [-0.05, 0) is 30.9 Å². The number of hydrogen-bond acceptors (Lipinski definition) is 1. The number of halogens is 1. The molecule has 3 rings (SSSR count). The number of nitrogens with two attached hydrogens (primary N) is 1. The number of nitrogen functional groups attached to an aromatic ring is 1. The first kappa shape index (κ1) is 14.2. The minimum absolute atomic E-state index is 0.825. The summed E-state index contributed by atoms with van der Waals surface area (Å²) in [4.78, 5) is 0. The highest BCUT2D eigenvalue weighted by atomic mass is 35.5. The molecule has 0 unspecified atom stereocenters. The summed E-state index contributed by atoms with van der Waals surface area (Å²) < 4.78 is 0. The van der Waals surface area contributed by atoms with E-state index in [1.807, 2.05) is 24.3 Å². The maximum Gasteiger partial charge on any atom is 0.0567 e. The lowest BCUT2D eigenvalue weighted by molar-refractivity contribution is 0.792. The Hall–Kier alpha value is -1.73. The molecule has 0 radical (unpaired) electrons. The number of aryl methyl sites for hydroxylation is 2. The van der Waals surface area contributed by atoms with Crippen molar-refractivity contribution in [2.24, 2.45) is 0 Å². The minimum Gasteiger partial charge on any atom is -0.398 e. The van der Waals surface area contributed by atoms with Gasteiger partial charge in [-0.1, -0.05) is 61.3 Å². The molecule has 3 aromatic rings. The Balaban J connectivity index is 2.37. The summed E-state index contributed by atoms with van der Waals surface area (Å²) in [6.07, 6.45) is 3.50. The Morgan fingerprint density at radius 3 is 2.43 bits per heavy atom. The van der Waals surface area contributed by atoms with Crippen molar-refractivity contribution in [2.45, 2.75) is 33.1 Å². The van der Waals surface area contributed by atoms with Crippen LogP contribution in [0.25, 0.3) is 21.5 Å². The van der Waals surface area contributed by atoms with Crippen molar-refractivity contribution in [3.05, 3.63) is 52.5 Å². The van der Waals surface area contributed by atoms with Crippen LogP contribution in [0.3, 0.4) is 0 Å². The maximum atomic E-state index is 6.70. The van der Waals surface area contributed by atoms with Crippen LogP contribution in [-0.2, 0) is 6.42 Å². The van der Waals surface area contributed by atoms with Crippen LogP contribution in [0.2, 0.25) is 5.02 Å². The van der Waals surface area contributed by atoms with Crippen molar-refractivity contribution in [1.82, 2.24) is 0 Å². The van der Waals surface area contributed by atoms with E-state index < -0.39 is 0 Å². The Kier molecular flexibility index (Phi) is 3.77. The lowest BCUT2D eigenvalue weighted by Crippen LogP contribution is -1.96. The van der Waals surface area contributed by atoms with Crippen LogP contribution in [0.5, 0.6) is 0 Å². The monoisotopic (exact) mass is 297 g/mol. The van der Waals surface area contributed by atoms with E-state index in [4.69, 9.17) is 17.3 Å². The molecule has 0 aliphatic heterocycles. The first-order valence-corrected chi connectivity index (χ1v) is 7.90. The van der Waals surface area contributed by atoms with Gasteiger partial charge in [0.1, 0.15) is 0 Å². The van der Waals surface area contributed by atoms with E-state index in [9.17, 15) is 0 Å². The number of fused-ring (bicyclic) bond motifs is 2. The largest absolute Gasteiger partial charge is 0.398 e. The topological polar surface area (TPSA) is 26.0 Å². The summed E-state index contributed by atoms with van der Waals surface area (Å²) in [5.74, 6) is 0. The van der Waals surface area contributed by atoms with Gasteiger partial charge in [-0.25, -0.2) is 0 Å². The molecule has 0 spiro atoms. The van der Waals surface area contributed by atoms with Crippen LogP contribution in [-0.4, -0.2) is 0 Å². The van der Waals surface area contributed by atoms with Gasteiger partial charge in [0.2, 0.25) is 0 Å². The Labute approximate surface area is 130 Å². The zero-order chi connectivity index (χ0) is 15.0.